The summed E-state index contributed by atoms with van der Waals surface area (Å²) in [5.74, 6) is 0.410. The van der Waals surface area contributed by atoms with Crippen LogP contribution in [0.25, 0.3) is 0 Å². The highest BCUT2D eigenvalue weighted by atomic mass is 19.4. The second-order valence-electron chi connectivity index (χ2n) is 6.96. The number of amides is 1. The second-order valence-corrected chi connectivity index (χ2v) is 6.96. The molecule has 0 aromatic carbocycles. The van der Waals surface area contributed by atoms with Crippen LogP contribution in [0.3, 0.4) is 0 Å². The van der Waals surface area contributed by atoms with Crippen LogP contribution in [-0.2, 0) is 11.0 Å². The Balaban J connectivity index is 1.43. The van der Waals surface area contributed by atoms with Crippen molar-refractivity contribution >= 4 is 5.91 Å². The van der Waals surface area contributed by atoms with Gasteiger partial charge >= 0.3 is 6.18 Å². The second kappa shape index (κ2) is 8.10. The number of rotatable bonds is 4. The SMILES string of the molecule is O=C(NC1CCC(Oc2ccc(C(F)(F)F)cn2)CC1)C1CC=CCC1. The number of hydrogen-bond donors (Lipinski definition) is 1. The van der Waals surface area contributed by atoms with Gasteiger partial charge in [-0.25, -0.2) is 4.98 Å². The lowest BCUT2D eigenvalue weighted by molar-refractivity contribution is -0.137. The predicted molar refractivity (Wildman–Crippen MR) is 90.5 cm³/mol. The molecule has 0 bridgehead atoms. The number of alkyl halides is 3. The molecule has 1 unspecified atom stereocenters. The fourth-order valence-electron chi connectivity index (χ4n) is 3.46. The number of halogens is 3. The van der Waals surface area contributed by atoms with Gasteiger partial charge < -0.3 is 10.1 Å². The lowest BCUT2D eigenvalue weighted by Crippen LogP contribution is -2.42. The molecule has 2 aliphatic rings. The molecule has 4 nitrogen and oxygen atoms in total. The summed E-state index contributed by atoms with van der Waals surface area (Å²) in [7, 11) is 0. The van der Waals surface area contributed by atoms with Crippen LogP contribution in [0.15, 0.2) is 30.5 Å². The van der Waals surface area contributed by atoms with Gasteiger partial charge in [0.1, 0.15) is 6.10 Å². The molecular formula is C19H23F3N2O2. The maximum absolute atomic E-state index is 12.5. The highest BCUT2D eigenvalue weighted by Crippen LogP contribution is 2.30. The summed E-state index contributed by atoms with van der Waals surface area (Å²) in [6.45, 7) is 0. The van der Waals surface area contributed by atoms with Crippen molar-refractivity contribution in [1.29, 1.82) is 0 Å². The molecule has 0 spiro atoms. The molecule has 2 aliphatic carbocycles. The number of carbonyl (C=O) groups is 1. The molecular weight excluding hydrogens is 345 g/mol. The van der Waals surface area contributed by atoms with E-state index in [1.54, 1.807) is 0 Å². The van der Waals surface area contributed by atoms with Crippen LogP contribution in [0.1, 0.15) is 50.5 Å². The van der Waals surface area contributed by atoms with Gasteiger partial charge in [0.05, 0.1) is 5.56 Å². The Hall–Kier alpha value is -2.05. The van der Waals surface area contributed by atoms with E-state index in [1.165, 1.54) is 6.07 Å². The van der Waals surface area contributed by atoms with Crippen molar-refractivity contribution in [2.45, 2.75) is 63.3 Å². The van der Waals surface area contributed by atoms with Crippen LogP contribution in [0.5, 0.6) is 5.88 Å². The van der Waals surface area contributed by atoms with E-state index in [0.717, 1.165) is 57.2 Å². The van der Waals surface area contributed by atoms with Crippen molar-refractivity contribution in [3.63, 3.8) is 0 Å². The van der Waals surface area contributed by atoms with Crippen LogP contribution in [0, 0.1) is 5.92 Å². The van der Waals surface area contributed by atoms with E-state index in [0.29, 0.717) is 0 Å². The van der Waals surface area contributed by atoms with Gasteiger partial charge in [0.15, 0.2) is 0 Å². The van der Waals surface area contributed by atoms with Gasteiger partial charge in [-0.1, -0.05) is 12.2 Å². The molecule has 3 rings (SSSR count). The number of hydrogen-bond acceptors (Lipinski definition) is 3. The van der Waals surface area contributed by atoms with Crippen molar-refractivity contribution < 1.29 is 22.7 Å². The Morgan fingerprint density at radius 3 is 2.46 bits per heavy atom. The van der Waals surface area contributed by atoms with E-state index in [4.69, 9.17) is 4.74 Å². The van der Waals surface area contributed by atoms with Gasteiger partial charge in [0.25, 0.3) is 0 Å². The molecule has 1 amide bonds. The van der Waals surface area contributed by atoms with E-state index in [1.807, 2.05) is 0 Å². The quantitative estimate of drug-likeness (QED) is 0.808. The standard InChI is InChI=1S/C19H23F3N2O2/c20-19(21,22)14-6-11-17(23-12-14)26-16-9-7-15(8-10-16)24-18(25)13-4-2-1-3-5-13/h1-2,6,11-13,15-16H,3-5,7-10H2,(H,24,25). The third-order valence-corrected chi connectivity index (χ3v) is 5.01. The molecule has 26 heavy (non-hydrogen) atoms. The number of pyridine rings is 1. The fourth-order valence-corrected chi connectivity index (χ4v) is 3.46. The summed E-state index contributed by atoms with van der Waals surface area (Å²) < 4.78 is 43.3. The lowest BCUT2D eigenvalue weighted by atomic mass is 9.90. The van der Waals surface area contributed by atoms with Crippen LogP contribution < -0.4 is 10.1 Å². The van der Waals surface area contributed by atoms with Crippen molar-refractivity contribution in [3.8, 4) is 5.88 Å². The normalized spacial score (nSPS) is 26.3. The molecule has 1 fully saturated rings. The summed E-state index contributed by atoms with van der Waals surface area (Å²) in [6, 6.07) is 2.38. The Morgan fingerprint density at radius 2 is 1.88 bits per heavy atom. The zero-order chi connectivity index (χ0) is 18.6. The minimum Gasteiger partial charge on any atom is -0.474 e. The molecule has 0 aliphatic heterocycles. The number of aromatic nitrogens is 1. The topological polar surface area (TPSA) is 51.2 Å². The van der Waals surface area contributed by atoms with Gasteiger partial charge in [-0.3, -0.25) is 4.79 Å². The summed E-state index contributed by atoms with van der Waals surface area (Å²) in [4.78, 5) is 16.0. The number of nitrogens with one attached hydrogen (secondary N) is 1. The lowest BCUT2D eigenvalue weighted by Gasteiger charge is -2.30. The molecule has 1 atom stereocenters. The first-order valence-corrected chi connectivity index (χ1v) is 9.07. The van der Waals surface area contributed by atoms with Crippen molar-refractivity contribution in [3.05, 3.63) is 36.0 Å². The maximum atomic E-state index is 12.5. The van der Waals surface area contributed by atoms with Gasteiger partial charge in [-0.15, -0.1) is 0 Å². The number of carbonyl (C=O) groups excluding carboxylic acids is 1. The van der Waals surface area contributed by atoms with E-state index >= 15 is 0 Å². The van der Waals surface area contributed by atoms with Crippen LogP contribution in [0.4, 0.5) is 13.2 Å². The predicted octanol–water partition coefficient (Wildman–Crippen LogP) is 4.26. The molecule has 1 saturated carbocycles. The van der Waals surface area contributed by atoms with E-state index in [-0.39, 0.29) is 29.9 Å². The zero-order valence-corrected chi connectivity index (χ0v) is 14.5. The van der Waals surface area contributed by atoms with E-state index in [2.05, 4.69) is 22.5 Å². The fraction of sp³-hybridized carbons (Fsp3) is 0.579. The van der Waals surface area contributed by atoms with Crippen molar-refractivity contribution in [2.24, 2.45) is 5.92 Å². The third kappa shape index (κ3) is 4.99. The average Bonchev–Trinajstić information content (AvgIpc) is 2.64. The van der Waals surface area contributed by atoms with Gasteiger partial charge in [-0.05, 0) is 51.0 Å². The van der Waals surface area contributed by atoms with Crippen molar-refractivity contribution in [1.82, 2.24) is 10.3 Å². The third-order valence-electron chi connectivity index (χ3n) is 5.01. The molecule has 7 heteroatoms. The first kappa shape index (κ1) is 18.7. The van der Waals surface area contributed by atoms with E-state index in [9.17, 15) is 18.0 Å². The van der Waals surface area contributed by atoms with Gasteiger partial charge in [0.2, 0.25) is 11.8 Å². The summed E-state index contributed by atoms with van der Waals surface area (Å²) in [6.07, 6.45) is 6.27. The largest absolute Gasteiger partial charge is 0.474 e. The van der Waals surface area contributed by atoms with Crippen molar-refractivity contribution in [2.75, 3.05) is 0 Å². The summed E-state index contributed by atoms with van der Waals surface area (Å²) in [5, 5.41) is 3.13. The monoisotopic (exact) mass is 368 g/mol. The number of allylic oxidation sites excluding steroid dienone is 2. The molecule has 1 heterocycles. The number of ether oxygens (including phenoxy) is 1. The molecule has 1 aromatic rings. The zero-order valence-electron chi connectivity index (χ0n) is 14.5. The van der Waals surface area contributed by atoms with Crippen LogP contribution >= 0.6 is 0 Å². The molecule has 1 N–H and O–H groups in total. The molecule has 0 saturated heterocycles. The summed E-state index contributed by atoms with van der Waals surface area (Å²) in [5.41, 5.74) is -0.783. The summed E-state index contributed by atoms with van der Waals surface area (Å²) >= 11 is 0. The highest BCUT2D eigenvalue weighted by molar-refractivity contribution is 5.79. The minimum atomic E-state index is -4.39. The molecule has 142 valence electrons. The number of nitrogens with zero attached hydrogens (tertiary/aromatic N) is 1. The Morgan fingerprint density at radius 1 is 1.12 bits per heavy atom. The smallest absolute Gasteiger partial charge is 0.417 e. The maximum Gasteiger partial charge on any atom is 0.417 e. The minimum absolute atomic E-state index is 0.0744. The molecule has 0 radical (unpaired) electrons. The molecule has 1 aromatic heterocycles. The highest BCUT2D eigenvalue weighted by Gasteiger charge is 2.31. The van der Waals surface area contributed by atoms with E-state index < -0.39 is 11.7 Å². The van der Waals surface area contributed by atoms with Crippen LogP contribution in [-0.4, -0.2) is 23.0 Å². The average molecular weight is 368 g/mol. The van der Waals surface area contributed by atoms with Gasteiger partial charge in [-0.2, -0.15) is 13.2 Å². The Bertz CT molecular complexity index is 635. The Labute approximate surface area is 150 Å². The first-order chi connectivity index (χ1) is 12.4. The van der Waals surface area contributed by atoms with Gasteiger partial charge in [0, 0.05) is 24.2 Å². The van der Waals surface area contributed by atoms with Crippen LogP contribution in [0.2, 0.25) is 0 Å². The first-order valence-electron chi connectivity index (χ1n) is 9.07. The Kier molecular flexibility index (Phi) is 5.84.